The molecular weight excluding hydrogens is 721 g/mol. The number of nitrogens with zero attached hydrogens (tertiary/aromatic N) is 3. The molecule has 1 atom stereocenters. The van der Waals surface area contributed by atoms with E-state index in [9.17, 15) is 57.5 Å². The van der Waals surface area contributed by atoms with Crippen molar-refractivity contribution in [1.82, 2.24) is 14.7 Å². The molecular formula is C33H30F9N3O5S. The number of benzene rings is 3. The fourth-order valence-electron chi connectivity index (χ4n) is 6.38. The van der Waals surface area contributed by atoms with E-state index in [-0.39, 0.29) is 56.7 Å². The van der Waals surface area contributed by atoms with Gasteiger partial charge in [-0.15, -0.1) is 0 Å². The van der Waals surface area contributed by atoms with Gasteiger partial charge in [0.1, 0.15) is 22.2 Å². The number of sulfone groups is 1. The minimum Gasteiger partial charge on any atom is -0.349 e. The molecule has 3 aromatic rings. The lowest BCUT2D eigenvalue weighted by atomic mass is 9.88. The predicted octanol–water partition coefficient (Wildman–Crippen LogP) is 6.30. The number of urea groups is 1. The molecule has 5 rings (SSSR count). The van der Waals surface area contributed by atoms with E-state index in [0.717, 1.165) is 36.4 Å². The Morgan fingerprint density at radius 2 is 1.29 bits per heavy atom. The number of ether oxygens (including phenoxy) is 1. The largest absolute Gasteiger partial charge is 0.430 e. The summed E-state index contributed by atoms with van der Waals surface area (Å²) in [6, 6.07) is 6.84. The van der Waals surface area contributed by atoms with Gasteiger partial charge < -0.3 is 19.4 Å². The van der Waals surface area contributed by atoms with Crippen LogP contribution in [0.3, 0.4) is 0 Å². The number of amides is 3. The summed E-state index contributed by atoms with van der Waals surface area (Å²) in [5.74, 6) is -3.56. The lowest BCUT2D eigenvalue weighted by molar-refractivity contribution is -0.392. The molecule has 0 radical (unpaired) electrons. The molecule has 0 aliphatic carbocycles. The molecule has 8 nitrogen and oxygen atoms in total. The Balaban J connectivity index is 1.55. The third kappa shape index (κ3) is 6.86. The highest BCUT2D eigenvalue weighted by molar-refractivity contribution is 7.92. The third-order valence-corrected chi connectivity index (χ3v) is 11.7. The van der Waals surface area contributed by atoms with Crippen LogP contribution >= 0.6 is 0 Å². The molecule has 0 saturated carbocycles. The van der Waals surface area contributed by atoms with Crippen LogP contribution in [0.1, 0.15) is 30.0 Å². The quantitative estimate of drug-likeness (QED) is 0.209. The van der Waals surface area contributed by atoms with Crippen molar-refractivity contribution in [2.45, 2.75) is 47.5 Å². The summed E-state index contributed by atoms with van der Waals surface area (Å²) in [5.41, 5.74) is -7.62. The van der Waals surface area contributed by atoms with Crippen LogP contribution in [-0.2, 0) is 36.3 Å². The maximum atomic E-state index is 14.5. The Hall–Kier alpha value is -4.32. The number of halogens is 9. The molecule has 0 N–H and O–H groups in total. The van der Waals surface area contributed by atoms with Crippen LogP contribution in [0.4, 0.5) is 44.3 Å². The second-order valence-electron chi connectivity index (χ2n) is 12.2. The number of rotatable bonds is 7. The van der Waals surface area contributed by atoms with Crippen LogP contribution in [0, 0.1) is 17.5 Å². The highest BCUT2D eigenvalue weighted by Crippen LogP contribution is 2.54. The number of likely N-dealkylation sites (tertiary alicyclic amines) is 1. The Morgan fingerprint density at radius 3 is 1.82 bits per heavy atom. The monoisotopic (exact) mass is 751 g/mol. The smallest absolute Gasteiger partial charge is 0.349 e. The fourth-order valence-corrected chi connectivity index (χ4v) is 8.45. The summed E-state index contributed by atoms with van der Waals surface area (Å²) in [6.07, 6.45) is -12.7. The molecule has 2 saturated heterocycles. The van der Waals surface area contributed by atoms with Gasteiger partial charge in [-0.3, -0.25) is 4.79 Å². The molecule has 18 heteroatoms. The number of hydrogen-bond acceptors (Lipinski definition) is 5. The van der Waals surface area contributed by atoms with E-state index < -0.39 is 85.2 Å². The molecule has 276 valence electrons. The first-order valence-corrected chi connectivity index (χ1v) is 16.8. The van der Waals surface area contributed by atoms with E-state index in [4.69, 9.17) is 0 Å². The van der Waals surface area contributed by atoms with Crippen molar-refractivity contribution < 1.29 is 62.3 Å². The van der Waals surface area contributed by atoms with Gasteiger partial charge in [-0.25, -0.2) is 26.4 Å². The van der Waals surface area contributed by atoms with Crippen LogP contribution in [0.15, 0.2) is 71.6 Å². The second-order valence-corrected chi connectivity index (χ2v) is 14.4. The first kappa shape index (κ1) is 37.9. The van der Waals surface area contributed by atoms with Gasteiger partial charge in [-0.2, -0.15) is 26.3 Å². The average Bonchev–Trinajstić information content (AvgIpc) is 3.52. The maximum Gasteiger partial charge on any atom is 0.430 e. The zero-order valence-corrected chi connectivity index (χ0v) is 27.5. The highest BCUT2D eigenvalue weighted by atomic mass is 32.2. The number of hydrogen-bond donors (Lipinski definition) is 0. The fraction of sp³-hybridized carbons (Fsp3) is 0.394. The van der Waals surface area contributed by atoms with E-state index >= 15 is 0 Å². The van der Waals surface area contributed by atoms with Gasteiger partial charge in [0.15, 0.2) is 9.84 Å². The zero-order valence-electron chi connectivity index (χ0n) is 26.7. The van der Waals surface area contributed by atoms with Gasteiger partial charge in [0.05, 0.1) is 11.5 Å². The molecule has 2 aliphatic heterocycles. The number of carbonyl (C=O) groups excluding carboxylic acids is 2. The molecule has 2 heterocycles. The van der Waals surface area contributed by atoms with Gasteiger partial charge in [-0.1, -0.05) is 30.3 Å². The first-order chi connectivity index (χ1) is 23.7. The van der Waals surface area contributed by atoms with E-state index in [0.29, 0.717) is 24.3 Å². The van der Waals surface area contributed by atoms with Crippen molar-refractivity contribution in [3.63, 3.8) is 0 Å². The number of carbonyl (C=O) groups is 2. The molecule has 2 aliphatic rings. The molecule has 0 aromatic heterocycles. The molecule has 0 bridgehead atoms. The summed E-state index contributed by atoms with van der Waals surface area (Å²) >= 11 is 0. The summed E-state index contributed by atoms with van der Waals surface area (Å²) in [5, 5.41) is 0. The predicted molar refractivity (Wildman–Crippen MR) is 162 cm³/mol. The SMILES string of the molecule is CC(=O)N1CCN(C(=O)N2CC[C@](c3ccc(C(OCc4ccc(F)cc4F)(C(F)(F)F)C(F)(F)F)cc3)(S(=O)(=O)c3ccc(F)cc3)C2)CC1. The second kappa shape index (κ2) is 13.7. The van der Waals surface area contributed by atoms with Crippen LogP contribution in [-0.4, -0.2) is 86.7 Å². The van der Waals surface area contributed by atoms with Crippen LogP contribution in [0.25, 0.3) is 0 Å². The van der Waals surface area contributed by atoms with Crippen molar-refractivity contribution in [2.24, 2.45) is 0 Å². The standard InChI is InChI=1S/C33H30F9N3O5S/c1-21(46)43-14-16-44(17-15-43)29(47)45-13-12-30(20-45,51(48,49)27-10-8-25(34)9-11-27)23-3-5-24(6-4-23)31(32(37,38)39,33(40,41)42)50-19-22-2-7-26(35)18-28(22)36/h2-11,18H,12-17,19-20H2,1H3/t30-/m0/s1. The topological polar surface area (TPSA) is 87.2 Å². The Kier molecular flexibility index (Phi) is 10.2. The lowest BCUT2D eigenvalue weighted by Gasteiger charge is -2.38. The Bertz CT molecular complexity index is 1870. The summed E-state index contributed by atoms with van der Waals surface area (Å²) in [7, 11) is -4.63. The third-order valence-electron chi connectivity index (χ3n) is 9.21. The minimum absolute atomic E-state index is 0.125. The molecule has 3 aromatic carbocycles. The van der Waals surface area contributed by atoms with Gasteiger partial charge in [0.25, 0.3) is 5.60 Å². The van der Waals surface area contributed by atoms with Crippen molar-refractivity contribution in [1.29, 1.82) is 0 Å². The molecule has 2 fully saturated rings. The van der Waals surface area contributed by atoms with Crippen LogP contribution < -0.4 is 0 Å². The Labute approximate surface area is 286 Å². The van der Waals surface area contributed by atoms with E-state index in [1.165, 1.54) is 21.6 Å². The zero-order chi connectivity index (χ0) is 37.6. The van der Waals surface area contributed by atoms with Crippen LogP contribution in [0.2, 0.25) is 0 Å². The Morgan fingerprint density at radius 1 is 0.745 bits per heavy atom. The van der Waals surface area contributed by atoms with Gasteiger partial charge in [0.2, 0.25) is 5.91 Å². The minimum atomic E-state index is -6.19. The van der Waals surface area contributed by atoms with E-state index in [1.54, 1.807) is 0 Å². The molecule has 0 unspecified atom stereocenters. The highest BCUT2D eigenvalue weighted by Gasteiger charge is 2.73. The van der Waals surface area contributed by atoms with Gasteiger partial charge in [-0.05, 0) is 42.3 Å². The normalized spacial score (nSPS) is 19.1. The lowest BCUT2D eigenvalue weighted by Crippen LogP contribution is -2.56. The molecule has 51 heavy (non-hydrogen) atoms. The van der Waals surface area contributed by atoms with E-state index in [2.05, 4.69) is 4.74 Å². The van der Waals surface area contributed by atoms with Crippen molar-refractivity contribution in [2.75, 3.05) is 39.3 Å². The summed E-state index contributed by atoms with van der Waals surface area (Å²) in [4.78, 5) is 28.9. The number of piperazine rings is 1. The summed E-state index contributed by atoms with van der Waals surface area (Å²) < 4.78 is 159. The van der Waals surface area contributed by atoms with Gasteiger partial charge in [0, 0.05) is 63.4 Å². The van der Waals surface area contributed by atoms with Crippen molar-refractivity contribution in [3.05, 3.63) is 101 Å². The molecule has 3 amide bonds. The van der Waals surface area contributed by atoms with Crippen molar-refractivity contribution >= 4 is 21.8 Å². The molecule has 0 spiro atoms. The average molecular weight is 752 g/mol. The van der Waals surface area contributed by atoms with Gasteiger partial charge >= 0.3 is 18.4 Å². The van der Waals surface area contributed by atoms with Crippen molar-refractivity contribution in [3.8, 4) is 0 Å². The van der Waals surface area contributed by atoms with Crippen LogP contribution in [0.5, 0.6) is 0 Å². The maximum absolute atomic E-state index is 14.5. The summed E-state index contributed by atoms with van der Waals surface area (Å²) in [6.45, 7) is -0.287. The number of alkyl halides is 6. The first-order valence-electron chi connectivity index (χ1n) is 15.4. The van der Waals surface area contributed by atoms with E-state index in [1.807, 2.05) is 0 Å².